The van der Waals surface area contributed by atoms with Crippen molar-refractivity contribution in [1.82, 2.24) is 0 Å². The zero-order chi connectivity index (χ0) is 17.5. The lowest BCUT2D eigenvalue weighted by molar-refractivity contribution is -0.190. The predicted octanol–water partition coefficient (Wildman–Crippen LogP) is 3.17. The molecule has 0 bridgehead atoms. The predicted molar refractivity (Wildman–Crippen MR) is 87.9 cm³/mol. The standard InChI is InChI=1S/C20H25FO3/c1-11-8-15-14-5-4-12-9-13(22)6-7-19(12,3)20(14,21)16(23)10-18(15,2)17(11)24/h6-7,9,11,14-16,23H,4-5,8,10H2,1-3H3/t11-,14+,15-,16+,18+,19+,20+/m1/s1. The summed E-state index contributed by atoms with van der Waals surface area (Å²) >= 11 is 0. The van der Waals surface area contributed by atoms with Crippen LogP contribution in [0.1, 0.15) is 46.5 Å². The van der Waals surface area contributed by atoms with E-state index < -0.39 is 22.6 Å². The van der Waals surface area contributed by atoms with Gasteiger partial charge in [-0.05, 0) is 50.7 Å². The zero-order valence-corrected chi connectivity index (χ0v) is 14.5. The van der Waals surface area contributed by atoms with Gasteiger partial charge in [-0.25, -0.2) is 4.39 Å². The van der Waals surface area contributed by atoms with Crippen molar-refractivity contribution in [3.8, 4) is 0 Å². The lowest BCUT2D eigenvalue weighted by Gasteiger charge is -2.60. The maximum Gasteiger partial charge on any atom is 0.178 e. The molecule has 0 radical (unpaired) electrons. The van der Waals surface area contributed by atoms with Crippen LogP contribution in [-0.2, 0) is 9.59 Å². The van der Waals surface area contributed by atoms with Crippen LogP contribution in [0.5, 0.6) is 0 Å². The quantitative estimate of drug-likeness (QED) is 0.741. The number of allylic oxidation sites excluding steroid dienone is 4. The molecule has 4 heteroatoms. The fraction of sp³-hybridized carbons (Fsp3) is 0.700. The van der Waals surface area contributed by atoms with E-state index in [1.807, 2.05) is 13.8 Å². The number of ketones is 2. The van der Waals surface area contributed by atoms with Crippen LogP contribution < -0.4 is 0 Å². The van der Waals surface area contributed by atoms with Gasteiger partial charge in [0.1, 0.15) is 5.78 Å². The van der Waals surface area contributed by atoms with E-state index in [1.54, 1.807) is 19.1 Å². The molecule has 4 aliphatic carbocycles. The van der Waals surface area contributed by atoms with E-state index in [9.17, 15) is 14.7 Å². The van der Waals surface area contributed by atoms with E-state index in [0.717, 1.165) is 5.57 Å². The molecule has 0 amide bonds. The Labute approximate surface area is 142 Å². The minimum absolute atomic E-state index is 0.0298. The zero-order valence-electron chi connectivity index (χ0n) is 14.5. The van der Waals surface area contributed by atoms with Crippen molar-refractivity contribution in [2.45, 2.75) is 58.2 Å². The topological polar surface area (TPSA) is 54.4 Å². The molecule has 0 spiro atoms. The van der Waals surface area contributed by atoms with E-state index in [2.05, 4.69) is 0 Å². The number of hydrogen-bond acceptors (Lipinski definition) is 3. The molecule has 0 aliphatic heterocycles. The molecule has 0 unspecified atom stereocenters. The molecule has 4 rings (SSSR count). The minimum atomic E-state index is -1.82. The number of aliphatic hydroxyl groups excluding tert-OH is 1. The van der Waals surface area contributed by atoms with Gasteiger partial charge in [-0.1, -0.05) is 25.5 Å². The van der Waals surface area contributed by atoms with Crippen LogP contribution in [0.15, 0.2) is 23.8 Å². The highest BCUT2D eigenvalue weighted by Gasteiger charge is 2.71. The van der Waals surface area contributed by atoms with Gasteiger partial charge in [0.05, 0.1) is 6.10 Å². The van der Waals surface area contributed by atoms with Gasteiger partial charge in [0.25, 0.3) is 0 Å². The minimum Gasteiger partial charge on any atom is -0.390 e. The Balaban J connectivity index is 1.84. The summed E-state index contributed by atoms with van der Waals surface area (Å²) in [6, 6.07) is 0. The normalized spacial score (nSPS) is 53.3. The molecule has 0 heterocycles. The van der Waals surface area contributed by atoms with Crippen LogP contribution >= 0.6 is 0 Å². The van der Waals surface area contributed by atoms with Crippen LogP contribution in [0.4, 0.5) is 4.39 Å². The number of carbonyl (C=O) groups is 2. The lowest BCUT2D eigenvalue weighted by Crippen LogP contribution is -2.66. The Hall–Kier alpha value is -1.29. The number of hydrogen-bond donors (Lipinski definition) is 1. The second-order valence-electron chi connectivity index (χ2n) is 8.77. The fourth-order valence-electron chi connectivity index (χ4n) is 6.33. The number of carbonyl (C=O) groups excluding carboxylic acids is 2. The van der Waals surface area contributed by atoms with Gasteiger partial charge < -0.3 is 5.11 Å². The molecule has 0 aromatic rings. The molecule has 24 heavy (non-hydrogen) atoms. The third-order valence-corrected chi connectivity index (χ3v) is 7.65. The van der Waals surface area contributed by atoms with E-state index in [-0.39, 0.29) is 35.7 Å². The van der Waals surface area contributed by atoms with Crippen molar-refractivity contribution >= 4 is 11.6 Å². The average molecular weight is 332 g/mol. The van der Waals surface area contributed by atoms with Crippen LogP contribution in [0.2, 0.25) is 0 Å². The molecular weight excluding hydrogens is 307 g/mol. The highest BCUT2D eigenvalue weighted by atomic mass is 19.1. The van der Waals surface area contributed by atoms with Crippen LogP contribution in [-0.4, -0.2) is 28.4 Å². The first-order valence-corrected chi connectivity index (χ1v) is 9.00. The largest absolute Gasteiger partial charge is 0.390 e. The van der Waals surface area contributed by atoms with Crippen molar-refractivity contribution in [2.75, 3.05) is 0 Å². The Kier molecular flexibility index (Phi) is 3.14. The van der Waals surface area contributed by atoms with Gasteiger partial charge >= 0.3 is 0 Å². The molecule has 0 aromatic heterocycles. The molecule has 3 nitrogen and oxygen atoms in total. The first kappa shape index (κ1) is 16.2. The number of halogens is 1. The fourth-order valence-corrected chi connectivity index (χ4v) is 6.33. The first-order chi connectivity index (χ1) is 11.1. The Morgan fingerprint density at radius 2 is 1.96 bits per heavy atom. The number of Topliss-reactive ketones (excluding diaryl/α,β-unsaturated/α-hetero) is 1. The number of fused-ring (bicyclic) bond motifs is 5. The molecule has 3 fully saturated rings. The summed E-state index contributed by atoms with van der Waals surface area (Å²) in [6.45, 7) is 5.65. The summed E-state index contributed by atoms with van der Waals surface area (Å²) < 4.78 is 16.6. The van der Waals surface area contributed by atoms with E-state index in [4.69, 9.17) is 0 Å². The summed E-state index contributed by atoms with van der Waals surface area (Å²) in [5.74, 6) is -0.375. The summed E-state index contributed by atoms with van der Waals surface area (Å²) in [6.07, 6.45) is 5.57. The summed E-state index contributed by atoms with van der Waals surface area (Å²) in [4.78, 5) is 24.4. The van der Waals surface area contributed by atoms with Gasteiger partial charge in [0, 0.05) is 22.7 Å². The van der Waals surface area contributed by atoms with E-state index in [1.165, 1.54) is 6.08 Å². The van der Waals surface area contributed by atoms with Gasteiger partial charge in [-0.2, -0.15) is 0 Å². The SMILES string of the molecule is C[C@@H]1C[C@@H]2[C@@H]3CCC4=CC(=O)C=C[C@]4(C)[C@@]3(F)[C@@H](O)C[C@]2(C)C1=O. The second-order valence-corrected chi connectivity index (χ2v) is 8.77. The first-order valence-electron chi connectivity index (χ1n) is 9.00. The van der Waals surface area contributed by atoms with Crippen molar-refractivity contribution in [3.05, 3.63) is 23.8 Å². The highest BCUT2D eigenvalue weighted by Crippen LogP contribution is 2.67. The highest BCUT2D eigenvalue weighted by molar-refractivity contribution is 6.01. The third kappa shape index (κ3) is 1.66. The Morgan fingerprint density at radius 1 is 1.25 bits per heavy atom. The van der Waals surface area contributed by atoms with Crippen molar-refractivity contribution in [1.29, 1.82) is 0 Å². The molecule has 0 saturated heterocycles. The maximum atomic E-state index is 16.6. The average Bonchev–Trinajstić information content (AvgIpc) is 2.74. The lowest BCUT2D eigenvalue weighted by atomic mass is 9.46. The number of aliphatic hydroxyl groups is 1. The van der Waals surface area contributed by atoms with Crippen LogP contribution in [0, 0.1) is 28.6 Å². The molecule has 3 saturated carbocycles. The maximum absolute atomic E-state index is 16.6. The van der Waals surface area contributed by atoms with Gasteiger partial charge in [-0.15, -0.1) is 0 Å². The Morgan fingerprint density at radius 3 is 2.67 bits per heavy atom. The van der Waals surface area contributed by atoms with Gasteiger partial charge in [0.15, 0.2) is 11.5 Å². The Bertz CT molecular complexity index is 695. The smallest absolute Gasteiger partial charge is 0.178 e. The second kappa shape index (κ2) is 4.66. The summed E-state index contributed by atoms with van der Waals surface area (Å²) in [7, 11) is 0. The van der Waals surface area contributed by atoms with E-state index in [0.29, 0.717) is 19.3 Å². The third-order valence-electron chi connectivity index (χ3n) is 7.65. The van der Waals surface area contributed by atoms with Gasteiger partial charge in [0.2, 0.25) is 0 Å². The molecule has 4 aliphatic rings. The molecule has 130 valence electrons. The molecular formula is C20H25FO3. The van der Waals surface area contributed by atoms with Gasteiger partial charge in [-0.3, -0.25) is 9.59 Å². The molecule has 0 aromatic carbocycles. The van der Waals surface area contributed by atoms with Crippen LogP contribution in [0.3, 0.4) is 0 Å². The van der Waals surface area contributed by atoms with Crippen molar-refractivity contribution in [2.24, 2.45) is 28.6 Å². The molecule has 1 N–H and O–H groups in total. The number of alkyl halides is 1. The van der Waals surface area contributed by atoms with E-state index >= 15 is 4.39 Å². The molecule has 7 atom stereocenters. The van der Waals surface area contributed by atoms with Crippen molar-refractivity contribution in [3.63, 3.8) is 0 Å². The van der Waals surface area contributed by atoms with Crippen molar-refractivity contribution < 1.29 is 19.1 Å². The number of rotatable bonds is 0. The monoisotopic (exact) mass is 332 g/mol. The summed E-state index contributed by atoms with van der Waals surface area (Å²) in [5.41, 5.74) is -2.61. The summed E-state index contributed by atoms with van der Waals surface area (Å²) in [5, 5.41) is 10.9. The van der Waals surface area contributed by atoms with Crippen LogP contribution in [0.25, 0.3) is 0 Å².